The monoisotopic (exact) mass is 301 g/mol. The summed E-state index contributed by atoms with van der Waals surface area (Å²) in [5, 5.41) is 2.18. The van der Waals surface area contributed by atoms with E-state index in [1.807, 2.05) is 0 Å². The molecule has 0 bridgehead atoms. The summed E-state index contributed by atoms with van der Waals surface area (Å²) in [6.07, 6.45) is 0. The summed E-state index contributed by atoms with van der Waals surface area (Å²) in [5.41, 5.74) is 6.31. The van der Waals surface area contributed by atoms with Crippen LogP contribution in [0.4, 0.5) is 15.8 Å². The van der Waals surface area contributed by atoms with Gasteiger partial charge in [-0.15, -0.1) is 0 Å². The minimum absolute atomic E-state index is 0.0218. The molecule has 1 aliphatic rings. The molecule has 0 aliphatic carbocycles. The number of benzene rings is 1. The molecule has 17 heavy (non-hydrogen) atoms. The van der Waals surface area contributed by atoms with Crippen molar-refractivity contribution in [1.82, 2.24) is 5.32 Å². The molecule has 3 N–H and O–H groups in total. The quantitative estimate of drug-likeness (QED) is 0.589. The molecule has 1 heterocycles. The topological polar surface area (TPSA) is 75.4 Å². The first-order valence-corrected chi connectivity index (χ1v) is 5.59. The van der Waals surface area contributed by atoms with Crippen LogP contribution in [0.1, 0.15) is 0 Å². The number of imide groups is 1. The van der Waals surface area contributed by atoms with Gasteiger partial charge in [-0.1, -0.05) is 0 Å². The number of carbonyl (C=O) groups is 2. The average Bonchev–Trinajstić information content (AvgIpc) is 2.22. The van der Waals surface area contributed by atoms with Crippen molar-refractivity contribution in [3.8, 4) is 0 Å². The van der Waals surface area contributed by atoms with Crippen molar-refractivity contribution < 1.29 is 14.0 Å². The highest BCUT2D eigenvalue weighted by atomic mass is 79.9. The Labute approximate surface area is 105 Å². The summed E-state index contributed by atoms with van der Waals surface area (Å²) in [6, 6.07) is 2.60. The first-order chi connectivity index (χ1) is 7.97. The van der Waals surface area contributed by atoms with E-state index >= 15 is 0 Å². The molecule has 1 saturated heterocycles. The molecule has 2 rings (SSSR count). The van der Waals surface area contributed by atoms with Crippen LogP contribution in [0.5, 0.6) is 0 Å². The predicted octanol–water partition coefficient (Wildman–Crippen LogP) is 0.633. The lowest BCUT2D eigenvalue weighted by Gasteiger charge is -2.28. The third-order valence-corrected chi connectivity index (χ3v) is 2.97. The number of rotatable bonds is 1. The van der Waals surface area contributed by atoms with Crippen molar-refractivity contribution in [1.29, 1.82) is 0 Å². The average molecular weight is 302 g/mol. The normalized spacial score (nSPS) is 16.0. The van der Waals surface area contributed by atoms with Gasteiger partial charge in [-0.2, -0.15) is 0 Å². The highest BCUT2D eigenvalue weighted by Crippen LogP contribution is 2.29. The first-order valence-electron chi connectivity index (χ1n) is 4.79. The number of hydrogen-bond acceptors (Lipinski definition) is 4. The van der Waals surface area contributed by atoms with Crippen molar-refractivity contribution in [2.45, 2.75) is 0 Å². The second-order valence-corrected chi connectivity index (χ2v) is 4.51. The van der Waals surface area contributed by atoms with Crippen molar-refractivity contribution in [2.75, 3.05) is 23.7 Å². The van der Waals surface area contributed by atoms with E-state index in [0.717, 1.165) is 6.07 Å². The zero-order valence-corrected chi connectivity index (χ0v) is 10.3. The number of hydrogen-bond donors (Lipinski definition) is 2. The van der Waals surface area contributed by atoms with E-state index in [0.29, 0.717) is 5.69 Å². The van der Waals surface area contributed by atoms with E-state index in [1.165, 1.54) is 11.0 Å². The Morgan fingerprint density at radius 3 is 2.47 bits per heavy atom. The summed E-state index contributed by atoms with van der Waals surface area (Å²) in [7, 11) is 0. The number of amides is 2. The fraction of sp³-hybridized carbons (Fsp3) is 0.200. The molecule has 0 saturated carbocycles. The number of anilines is 2. The van der Waals surface area contributed by atoms with Gasteiger partial charge >= 0.3 is 0 Å². The van der Waals surface area contributed by atoms with Crippen LogP contribution in [-0.4, -0.2) is 24.9 Å². The fourth-order valence-electron chi connectivity index (χ4n) is 1.63. The number of nitrogens with one attached hydrogen (secondary N) is 1. The molecule has 0 aromatic heterocycles. The Bertz CT molecular complexity index is 491. The van der Waals surface area contributed by atoms with Crippen LogP contribution in [-0.2, 0) is 9.59 Å². The second-order valence-electron chi connectivity index (χ2n) is 3.65. The highest BCUT2D eigenvalue weighted by molar-refractivity contribution is 9.10. The Balaban J connectivity index is 2.36. The standard InChI is InChI=1S/C10H9BrFN3O2/c11-5-1-8(7(13)2-6(5)12)15-3-9(16)14-10(17)4-15/h1-2H,3-4,13H2,(H,14,16,17). The molecule has 7 heteroatoms. The molecule has 0 spiro atoms. The van der Waals surface area contributed by atoms with Crippen LogP contribution in [0.2, 0.25) is 0 Å². The van der Waals surface area contributed by atoms with Crippen molar-refractivity contribution >= 4 is 39.1 Å². The maximum absolute atomic E-state index is 13.2. The Morgan fingerprint density at radius 1 is 1.29 bits per heavy atom. The Kier molecular flexibility index (Phi) is 3.01. The molecular weight excluding hydrogens is 293 g/mol. The van der Waals surface area contributed by atoms with Gasteiger partial charge < -0.3 is 10.6 Å². The van der Waals surface area contributed by atoms with Crippen LogP contribution in [0.3, 0.4) is 0 Å². The van der Waals surface area contributed by atoms with E-state index in [4.69, 9.17) is 5.73 Å². The summed E-state index contributed by atoms with van der Waals surface area (Å²) < 4.78 is 13.4. The first kappa shape index (κ1) is 11.8. The molecule has 0 unspecified atom stereocenters. The molecular formula is C10H9BrFN3O2. The van der Waals surface area contributed by atoms with Crippen LogP contribution in [0.25, 0.3) is 0 Å². The van der Waals surface area contributed by atoms with Crippen LogP contribution >= 0.6 is 15.9 Å². The van der Waals surface area contributed by atoms with E-state index < -0.39 is 17.6 Å². The lowest BCUT2D eigenvalue weighted by atomic mass is 10.2. The predicted molar refractivity (Wildman–Crippen MR) is 63.9 cm³/mol. The highest BCUT2D eigenvalue weighted by Gasteiger charge is 2.24. The molecule has 0 atom stereocenters. The lowest BCUT2D eigenvalue weighted by molar-refractivity contribution is -0.130. The summed E-state index contributed by atoms with van der Waals surface area (Å²) in [5.74, 6) is -1.29. The van der Waals surface area contributed by atoms with Gasteiger partial charge in [0.25, 0.3) is 0 Å². The van der Waals surface area contributed by atoms with Gasteiger partial charge in [0, 0.05) is 6.07 Å². The zero-order valence-electron chi connectivity index (χ0n) is 8.67. The third kappa shape index (κ3) is 2.38. The van der Waals surface area contributed by atoms with E-state index in [2.05, 4.69) is 21.2 Å². The third-order valence-electron chi connectivity index (χ3n) is 2.36. The molecule has 5 nitrogen and oxygen atoms in total. The number of nitrogens with two attached hydrogens (primary N) is 1. The largest absolute Gasteiger partial charge is 0.397 e. The number of nitrogens with zero attached hydrogens (tertiary/aromatic N) is 1. The van der Waals surface area contributed by atoms with Gasteiger partial charge in [0.05, 0.1) is 28.9 Å². The summed E-state index contributed by atoms with van der Waals surface area (Å²) >= 11 is 3.03. The molecule has 1 aromatic carbocycles. The maximum atomic E-state index is 13.2. The van der Waals surface area contributed by atoms with Crippen molar-refractivity contribution in [2.24, 2.45) is 0 Å². The van der Waals surface area contributed by atoms with Gasteiger partial charge in [-0.25, -0.2) is 4.39 Å². The summed E-state index contributed by atoms with van der Waals surface area (Å²) in [4.78, 5) is 23.9. The van der Waals surface area contributed by atoms with Crippen LogP contribution in [0, 0.1) is 5.82 Å². The fourth-order valence-corrected chi connectivity index (χ4v) is 1.96. The van der Waals surface area contributed by atoms with E-state index in [9.17, 15) is 14.0 Å². The minimum Gasteiger partial charge on any atom is -0.397 e. The molecule has 1 fully saturated rings. The maximum Gasteiger partial charge on any atom is 0.246 e. The van der Waals surface area contributed by atoms with Gasteiger partial charge in [-0.05, 0) is 22.0 Å². The zero-order chi connectivity index (χ0) is 12.6. The van der Waals surface area contributed by atoms with Gasteiger partial charge in [-0.3, -0.25) is 14.9 Å². The van der Waals surface area contributed by atoms with Crippen LogP contribution in [0.15, 0.2) is 16.6 Å². The van der Waals surface area contributed by atoms with Crippen molar-refractivity contribution in [3.05, 3.63) is 22.4 Å². The number of nitrogen functional groups attached to an aromatic ring is 1. The molecule has 90 valence electrons. The SMILES string of the molecule is Nc1cc(F)c(Br)cc1N1CC(=O)NC(=O)C1. The number of halogens is 2. The van der Waals surface area contributed by atoms with Gasteiger partial charge in [0.15, 0.2) is 0 Å². The smallest absolute Gasteiger partial charge is 0.246 e. The van der Waals surface area contributed by atoms with Gasteiger partial charge in [0.2, 0.25) is 11.8 Å². The minimum atomic E-state index is -0.487. The van der Waals surface area contributed by atoms with Crippen molar-refractivity contribution in [3.63, 3.8) is 0 Å². The Hall–Kier alpha value is -1.63. The Morgan fingerprint density at radius 2 is 1.88 bits per heavy atom. The molecule has 1 aromatic rings. The van der Waals surface area contributed by atoms with E-state index in [-0.39, 0.29) is 23.2 Å². The number of carbonyl (C=O) groups excluding carboxylic acids is 2. The number of piperazine rings is 1. The molecule has 0 radical (unpaired) electrons. The second kappa shape index (κ2) is 4.33. The van der Waals surface area contributed by atoms with Gasteiger partial charge in [0.1, 0.15) is 5.82 Å². The lowest BCUT2D eigenvalue weighted by Crippen LogP contribution is -2.51. The molecule has 1 aliphatic heterocycles. The molecule has 2 amide bonds. The van der Waals surface area contributed by atoms with Crippen LogP contribution < -0.4 is 16.0 Å². The summed E-state index contributed by atoms with van der Waals surface area (Å²) in [6.45, 7) is 0.0437. The van der Waals surface area contributed by atoms with E-state index in [1.54, 1.807) is 0 Å².